The molecule has 0 aromatic heterocycles. The lowest BCUT2D eigenvalue weighted by atomic mass is 10.2. The summed E-state index contributed by atoms with van der Waals surface area (Å²) in [6.45, 7) is 0. The van der Waals surface area contributed by atoms with Crippen LogP contribution in [-0.4, -0.2) is 22.2 Å². The Morgan fingerprint density at radius 1 is 0.577 bits per heavy atom. The van der Waals surface area contributed by atoms with E-state index >= 15 is 0 Å². The summed E-state index contributed by atoms with van der Waals surface area (Å²) in [4.78, 5) is 25.8. The monoisotopic (exact) mass is 382 g/mol. The lowest BCUT2D eigenvalue weighted by Crippen LogP contribution is -1.95. The van der Waals surface area contributed by atoms with Gasteiger partial charge in [0.05, 0.1) is 11.1 Å². The Kier molecular flexibility index (Phi) is 5.65. The van der Waals surface area contributed by atoms with Gasteiger partial charge in [0, 0.05) is 19.6 Å². The third-order valence-electron chi connectivity index (χ3n) is 3.46. The van der Waals surface area contributed by atoms with Crippen molar-refractivity contribution in [2.45, 2.75) is 19.6 Å². The lowest BCUT2D eigenvalue weighted by Gasteiger charge is -2.06. The molecular weight excluding hydrogens is 368 g/mol. The molecule has 0 spiro atoms. The van der Waals surface area contributed by atoms with Gasteiger partial charge in [-0.05, 0) is 60.7 Å². The standard InChI is InChI=1S/C20H14O4S2/c21-19(22)13-3-1-5-17(11-13)25-15-7-9-16(10-8-15)26-18-6-2-4-14(12-18)20(23)24/h1-12H,(H,21,22)(H,23,24). The Hall–Kier alpha value is -2.70. The third kappa shape index (κ3) is 4.68. The Labute approximate surface area is 158 Å². The van der Waals surface area contributed by atoms with E-state index in [-0.39, 0.29) is 11.1 Å². The summed E-state index contributed by atoms with van der Waals surface area (Å²) in [6, 6.07) is 21.5. The summed E-state index contributed by atoms with van der Waals surface area (Å²) >= 11 is 2.98. The minimum absolute atomic E-state index is 0.264. The average Bonchev–Trinajstić information content (AvgIpc) is 2.64. The first-order chi connectivity index (χ1) is 12.5. The molecular formula is C20H14O4S2. The van der Waals surface area contributed by atoms with Crippen molar-refractivity contribution in [3.8, 4) is 0 Å². The molecule has 0 bridgehead atoms. The molecule has 0 amide bonds. The molecule has 0 fully saturated rings. The van der Waals surface area contributed by atoms with Gasteiger partial charge in [0.15, 0.2) is 0 Å². The van der Waals surface area contributed by atoms with Gasteiger partial charge in [-0.15, -0.1) is 0 Å². The molecule has 0 aliphatic rings. The fourth-order valence-corrected chi connectivity index (χ4v) is 3.99. The number of aromatic carboxylic acids is 2. The highest BCUT2D eigenvalue weighted by atomic mass is 32.2. The van der Waals surface area contributed by atoms with Gasteiger partial charge in [0.1, 0.15) is 0 Å². The molecule has 6 heteroatoms. The first-order valence-electron chi connectivity index (χ1n) is 7.64. The highest BCUT2D eigenvalue weighted by Crippen LogP contribution is 2.32. The van der Waals surface area contributed by atoms with Gasteiger partial charge in [-0.2, -0.15) is 0 Å². The van der Waals surface area contributed by atoms with E-state index < -0.39 is 11.9 Å². The first kappa shape index (κ1) is 18.1. The van der Waals surface area contributed by atoms with Crippen molar-refractivity contribution in [1.82, 2.24) is 0 Å². The van der Waals surface area contributed by atoms with Crippen LogP contribution in [0, 0.1) is 0 Å². The number of rotatable bonds is 6. The zero-order valence-electron chi connectivity index (χ0n) is 13.5. The van der Waals surface area contributed by atoms with Crippen molar-refractivity contribution in [2.75, 3.05) is 0 Å². The molecule has 4 nitrogen and oxygen atoms in total. The second-order valence-electron chi connectivity index (χ2n) is 5.34. The Morgan fingerprint density at radius 2 is 0.962 bits per heavy atom. The van der Waals surface area contributed by atoms with Gasteiger partial charge in [0.2, 0.25) is 0 Å². The maximum atomic E-state index is 11.0. The van der Waals surface area contributed by atoms with Crippen LogP contribution >= 0.6 is 23.5 Å². The molecule has 26 heavy (non-hydrogen) atoms. The van der Waals surface area contributed by atoms with Gasteiger partial charge in [-0.25, -0.2) is 9.59 Å². The number of hydrogen-bond donors (Lipinski definition) is 2. The van der Waals surface area contributed by atoms with Crippen LogP contribution < -0.4 is 0 Å². The Morgan fingerprint density at radius 3 is 1.31 bits per heavy atom. The molecule has 0 saturated carbocycles. The molecule has 0 radical (unpaired) electrons. The largest absolute Gasteiger partial charge is 0.478 e. The van der Waals surface area contributed by atoms with Crippen LogP contribution in [0.4, 0.5) is 0 Å². The summed E-state index contributed by atoms with van der Waals surface area (Å²) < 4.78 is 0. The van der Waals surface area contributed by atoms with Crippen LogP contribution in [0.5, 0.6) is 0 Å². The van der Waals surface area contributed by atoms with Crippen molar-refractivity contribution in [3.05, 3.63) is 83.9 Å². The molecule has 0 aliphatic carbocycles. The SMILES string of the molecule is O=C(O)c1cccc(Sc2ccc(Sc3cccc(C(=O)O)c3)cc2)c1. The van der Waals surface area contributed by atoms with E-state index in [1.54, 1.807) is 36.4 Å². The summed E-state index contributed by atoms with van der Waals surface area (Å²) in [5.74, 6) is -1.88. The molecule has 0 heterocycles. The van der Waals surface area contributed by atoms with Crippen LogP contribution in [0.2, 0.25) is 0 Å². The maximum Gasteiger partial charge on any atom is 0.335 e. The third-order valence-corrected chi connectivity index (χ3v) is 5.45. The predicted octanol–water partition coefficient (Wildman–Crippen LogP) is 5.39. The highest BCUT2D eigenvalue weighted by molar-refractivity contribution is 7.99. The smallest absolute Gasteiger partial charge is 0.335 e. The van der Waals surface area contributed by atoms with Crippen molar-refractivity contribution >= 4 is 35.5 Å². The van der Waals surface area contributed by atoms with Crippen LogP contribution in [0.1, 0.15) is 20.7 Å². The van der Waals surface area contributed by atoms with Gasteiger partial charge in [0.25, 0.3) is 0 Å². The molecule has 3 aromatic rings. The fraction of sp³-hybridized carbons (Fsp3) is 0. The maximum absolute atomic E-state index is 11.0. The van der Waals surface area contributed by atoms with E-state index in [1.165, 1.54) is 23.5 Å². The minimum atomic E-state index is -0.942. The molecule has 0 unspecified atom stereocenters. The van der Waals surface area contributed by atoms with Crippen molar-refractivity contribution in [3.63, 3.8) is 0 Å². The normalized spacial score (nSPS) is 10.5. The number of benzene rings is 3. The van der Waals surface area contributed by atoms with E-state index in [0.717, 1.165) is 19.6 Å². The first-order valence-corrected chi connectivity index (χ1v) is 9.27. The van der Waals surface area contributed by atoms with Crippen molar-refractivity contribution < 1.29 is 19.8 Å². The molecule has 3 rings (SSSR count). The highest BCUT2D eigenvalue weighted by Gasteiger charge is 2.06. The van der Waals surface area contributed by atoms with E-state index in [4.69, 9.17) is 10.2 Å². The van der Waals surface area contributed by atoms with Crippen LogP contribution in [0.3, 0.4) is 0 Å². The second kappa shape index (κ2) is 8.12. The summed E-state index contributed by atoms with van der Waals surface area (Å²) in [5, 5.41) is 18.1. The van der Waals surface area contributed by atoms with Crippen LogP contribution in [0.15, 0.2) is 92.4 Å². The molecule has 2 N–H and O–H groups in total. The van der Waals surface area contributed by atoms with E-state index in [9.17, 15) is 9.59 Å². The van der Waals surface area contributed by atoms with E-state index in [0.29, 0.717) is 0 Å². The Bertz CT molecular complexity index is 874. The molecule has 3 aromatic carbocycles. The lowest BCUT2D eigenvalue weighted by molar-refractivity contribution is 0.0685. The number of carboxylic acid groups (broad SMARTS) is 2. The molecule has 0 atom stereocenters. The van der Waals surface area contributed by atoms with Gasteiger partial charge >= 0.3 is 11.9 Å². The number of hydrogen-bond acceptors (Lipinski definition) is 4. The quantitative estimate of drug-likeness (QED) is 0.596. The molecule has 0 aliphatic heterocycles. The van der Waals surface area contributed by atoms with Gasteiger partial charge < -0.3 is 10.2 Å². The molecule has 0 saturated heterocycles. The van der Waals surface area contributed by atoms with Crippen LogP contribution in [0.25, 0.3) is 0 Å². The summed E-state index contributed by atoms with van der Waals surface area (Å²) in [5.41, 5.74) is 0.529. The summed E-state index contributed by atoms with van der Waals surface area (Å²) in [6.07, 6.45) is 0. The second-order valence-corrected chi connectivity index (χ2v) is 7.64. The summed E-state index contributed by atoms with van der Waals surface area (Å²) in [7, 11) is 0. The zero-order valence-corrected chi connectivity index (χ0v) is 15.1. The average molecular weight is 382 g/mol. The topological polar surface area (TPSA) is 74.6 Å². The predicted molar refractivity (Wildman–Crippen MR) is 101 cm³/mol. The van der Waals surface area contributed by atoms with E-state index in [2.05, 4.69) is 0 Å². The molecule has 130 valence electrons. The minimum Gasteiger partial charge on any atom is -0.478 e. The van der Waals surface area contributed by atoms with Crippen LogP contribution in [-0.2, 0) is 0 Å². The van der Waals surface area contributed by atoms with Gasteiger partial charge in [-0.3, -0.25) is 0 Å². The number of carboxylic acids is 2. The Balaban J connectivity index is 1.71. The van der Waals surface area contributed by atoms with E-state index in [1.807, 2.05) is 36.4 Å². The fourth-order valence-electron chi connectivity index (χ4n) is 2.23. The van der Waals surface area contributed by atoms with Gasteiger partial charge in [-0.1, -0.05) is 35.7 Å². The van der Waals surface area contributed by atoms with Crippen molar-refractivity contribution in [2.24, 2.45) is 0 Å². The number of carbonyl (C=O) groups is 2. The zero-order chi connectivity index (χ0) is 18.5. The van der Waals surface area contributed by atoms with Crippen molar-refractivity contribution in [1.29, 1.82) is 0 Å².